The lowest BCUT2D eigenvalue weighted by Gasteiger charge is -2.22. The van der Waals surface area contributed by atoms with Crippen LogP contribution in [-0.2, 0) is 6.54 Å². The molecule has 126 valence electrons. The van der Waals surface area contributed by atoms with Crippen LogP contribution in [0.2, 0.25) is 0 Å². The number of hydrogen-bond donors (Lipinski definition) is 0. The highest BCUT2D eigenvalue weighted by atomic mass is 79.9. The minimum Gasteiger partial charge on any atom is -0.337 e. The Labute approximate surface area is 152 Å². The summed E-state index contributed by atoms with van der Waals surface area (Å²) in [7, 11) is 0. The molecule has 1 fully saturated rings. The number of halogens is 1. The van der Waals surface area contributed by atoms with Gasteiger partial charge >= 0.3 is 0 Å². The highest BCUT2D eigenvalue weighted by Gasteiger charge is 2.20. The van der Waals surface area contributed by atoms with Crippen molar-refractivity contribution in [2.24, 2.45) is 0 Å². The van der Waals surface area contributed by atoms with Crippen molar-refractivity contribution in [1.29, 1.82) is 0 Å². The Bertz CT molecular complexity index is 716. The van der Waals surface area contributed by atoms with Gasteiger partial charge in [0.25, 0.3) is 5.91 Å². The van der Waals surface area contributed by atoms with Gasteiger partial charge in [0.05, 0.1) is 0 Å². The summed E-state index contributed by atoms with van der Waals surface area (Å²) in [5.41, 5.74) is 3.41. The molecule has 0 unspecified atom stereocenters. The maximum Gasteiger partial charge on any atom is 0.253 e. The zero-order chi connectivity index (χ0) is 16.9. The average Bonchev–Trinajstić information content (AvgIpc) is 2.80. The molecule has 0 atom stereocenters. The second-order valence-corrected chi connectivity index (χ2v) is 7.34. The number of hydrogen-bond acceptors (Lipinski definition) is 2. The Balaban J connectivity index is 1.61. The highest BCUT2D eigenvalue weighted by molar-refractivity contribution is 9.10. The Morgan fingerprint density at radius 1 is 1.04 bits per heavy atom. The van der Waals surface area contributed by atoms with Gasteiger partial charge in [0.15, 0.2) is 0 Å². The SMILES string of the molecule is Cc1cccc(CN2CCCN(C(=O)c3cccc(Br)c3)CC2)c1. The van der Waals surface area contributed by atoms with E-state index in [0.717, 1.165) is 49.2 Å². The molecule has 3 nitrogen and oxygen atoms in total. The summed E-state index contributed by atoms with van der Waals surface area (Å²) in [4.78, 5) is 17.1. The minimum absolute atomic E-state index is 0.133. The second-order valence-electron chi connectivity index (χ2n) is 6.42. The van der Waals surface area contributed by atoms with Gasteiger partial charge in [0.1, 0.15) is 0 Å². The van der Waals surface area contributed by atoms with E-state index in [9.17, 15) is 4.79 Å². The first-order valence-electron chi connectivity index (χ1n) is 8.44. The van der Waals surface area contributed by atoms with Gasteiger partial charge in [-0.3, -0.25) is 9.69 Å². The Kier molecular flexibility index (Phi) is 5.69. The molecule has 1 amide bonds. The van der Waals surface area contributed by atoms with Crippen molar-refractivity contribution < 1.29 is 4.79 Å². The molecule has 0 N–H and O–H groups in total. The number of rotatable bonds is 3. The maximum absolute atomic E-state index is 12.7. The molecule has 1 heterocycles. The lowest BCUT2D eigenvalue weighted by molar-refractivity contribution is 0.0761. The van der Waals surface area contributed by atoms with Gasteiger partial charge in [-0.05, 0) is 37.1 Å². The van der Waals surface area contributed by atoms with Gasteiger partial charge in [-0.15, -0.1) is 0 Å². The maximum atomic E-state index is 12.7. The van der Waals surface area contributed by atoms with E-state index in [1.165, 1.54) is 11.1 Å². The Hall–Kier alpha value is -1.65. The topological polar surface area (TPSA) is 23.6 Å². The summed E-state index contributed by atoms with van der Waals surface area (Å²) in [5.74, 6) is 0.133. The third-order valence-corrected chi connectivity index (χ3v) is 4.93. The number of aryl methyl sites for hydroxylation is 1. The van der Waals surface area contributed by atoms with Crippen LogP contribution in [0.1, 0.15) is 27.9 Å². The molecule has 2 aromatic carbocycles. The van der Waals surface area contributed by atoms with E-state index in [4.69, 9.17) is 0 Å². The van der Waals surface area contributed by atoms with Crippen LogP contribution < -0.4 is 0 Å². The van der Waals surface area contributed by atoms with Crippen LogP contribution in [0.5, 0.6) is 0 Å². The van der Waals surface area contributed by atoms with E-state index in [2.05, 4.69) is 52.0 Å². The first kappa shape index (κ1) is 17.2. The molecular formula is C20H23BrN2O. The molecule has 0 aliphatic carbocycles. The van der Waals surface area contributed by atoms with E-state index >= 15 is 0 Å². The molecule has 0 aromatic heterocycles. The number of benzene rings is 2. The van der Waals surface area contributed by atoms with Crippen LogP contribution in [0.15, 0.2) is 53.0 Å². The van der Waals surface area contributed by atoms with Gasteiger partial charge in [0.2, 0.25) is 0 Å². The summed E-state index contributed by atoms with van der Waals surface area (Å²) in [6.07, 6.45) is 1.02. The molecule has 1 aliphatic rings. The van der Waals surface area contributed by atoms with Crippen molar-refractivity contribution in [3.05, 3.63) is 69.7 Å². The van der Waals surface area contributed by atoms with Crippen LogP contribution >= 0.6 is 15.9 Å². The first-order valence-corrected chi connectivity index (χ1v) is 9.24. The van der Waals surface area contributed by atoms with Crippen molar-refractivity contribution >= 4 is 21.8 Å². The van der Waals surface area contributed by atoms with E-state index in [0.29, 0.717) is 0 Å². The molecule has 2 aromatic rings. The lowest BCUT2D eigenvalue weighted by atomic mass is 10.1. The Morgan fingerprint density at radius 2 is 1.88 bits per heavy atom. The molecule has 0 spiro atoms. The predicted molar refractivity (Wildman–Crippen MR) is 101 cm³/mol. The molecule has 1 aliphatic heterocycles. The number of carbonyl (C=O) groups excluding carboxylic acids is 1. The van der Waals surface area contributed by atoms with Crippen molar-refractivity contribution in [2.75, 3.05) is 26.2 Å². The van der Waals surface area contributed by atoms with E-state index in [-0.39, 0.29) is 5.91 Å². The van der Waals surface area contributed by atoms with Crippen molar-refractivity contribution in [1.82, 2.24) is 9.80 Å². The van der Waals surface area contributed by atoms with E-state index in [1.54, 1.807) is 0 Å². The van der Waals surface area contributed by atoms with Crippen molar-refractivity contribution in [3.8, 4) is 0 Å². The fourth-order valence-corrected chi connectivity index (χ4v) is 3.60. The predicted octanol–water partition coefficient (Wildman–Crippen LogP) is 4.11. The minimum atomic E-state index is 0.133. The monoisotopic (exact) mass is 386 g/mol. The summed E-state index contributed by atoms with van der Waals surface area (Å²) < 4.78 is 0.948. The molecule has 3 rings (SSSR count). The van der Waals surface area contributed by atoms with Crippen LogP contribution in [0.3, 0.4) is 0 Å². The van der Waals surface area contributed by atoms with Crippen LogP contribution in [0.4, 0.5) is 0 Å². The van der Waals surface area contributed by atoms with Gasteiger partial charge < -0.3 is 4.90 Å². The molecule has 0 bridgehead atoms. The molecular weight excluding hydrogens is 364 g/mol. The van der Waals surface area contributed by atoms with E-state index in [1.807, 2.05) is 29.2 Å². The molecule has 24 heavy (non-hydrogen) atoms. The molecule has 1 saturated heterocycles. The van der Waals surface area contributed by atoms with Gasteiger partial charge in [-0.2, -0.15) is 0 Å². The van der Waals surface area contributed by atoms with E-state index < -0.39 is 0 Å². The fourth-order valence-electron chi connectivity index (χ4n) is 3.20. The first-order chi connectivity index (χ1) is 11.6. The van der Waals surface area contributed by atoms with Crippen LogP contribution in [0.25, 0.3) is 0 Å². The molecule has 0 saturated carbocycles. The summed E-state index contributed by atoms with van der Waals surface area (Å²) >= 11 is 3.44. The zero-order valence-corrected chi connectivity index (χ0v) is 15.6. The fraction of sp³-hybridized carbons (Fsp3) is 0.350. The van der Waals surface area contributed by atoms with Crippen LogP contribution in [-0.4, -0.2) is 41.9 Å². The third-order valence-electron chi connectivity index (χ3n) is 4.44. The average molecular weight is 387 g/mol. The zero-order valence-electron chi connectivity index (χ0n) is 14.0. The van der Waals surface area contributed by atoms with Gasteiger partial charge in [0, 0.05) is 42.8 Å². The summed E-state index contributed by atoms with van der Waals surface area (Å²) in [6, 6.07) is 16.3. The summed E-state index contributed by atoms with van der Waals surface area (Å²) in [5, 5.41) is 0. The lowest BCUT2D eigenvalue weighted by Crippen LogP contribution is -2.35. The normalized spacial score (nSPS) is 16.0. The third kappa shape index (κ3) is 4.46. The second kappa shape index (κ2) is 7.95. The standard InChI is InChI=1S/C20H23BrN2O/c1-16-5-2-6-17(13-16)15-22-9-4-10-23(12-11-22)20(24)18-7-3-8-19(21)14-18/h2-3,5-8,13-14H,4,9-12,15H2,1H3. The number of nitrogens with zero attached hydrogens (tertiary/aromatic N) is 2. The van der Waals surface area contributed by atoms with Gasteiger partial charge in [-0.1, -0.05) is 51.8 Å². The van der Waals surface area contributed by atoms with Crippen molar-refractivity contribution in [2.45, 2.75) is 19.9 Å². The molecule has 0 radical (unpaired) electrons. The Morgan fingerprint density at radius 3 is 2.67 bits per heavy atom. The van der Waals surface area contributed by atoms with Crippen LogP contribution in [0, 0.1) is 6.92 Å². The molecule has 4 heteroatoms. The number of amides is 1. The summed E-state index contributed by atoms with van der Waals surface area (Å²) in [6.45, 7) is 6.67. The largest absolute Gasteiger partial charge is 0.337 e. The highest BCUT2D eigenvalue weighted by Crippen LogP contribution is 2.16. The quantitative estimate of drug-likeness (QED) is 0.792. The van der Waals surface area contributed by atoms with Crippen molar-refractivity contribution in [3.63, 3.8) is 0 Å². The smallest absolute Gasteiger partial charge is 0.253 e. The number of carbonyl (C=O) groups is 1. The van der Waals surface area contributed by atoms with Gasteiger partial charge in [-0.25, -0.2) is 0 Å².